The van der Waals surface area contributed by atoms with Crippen molar-refractivity contribution in [2.24, 2.45) is 0 Å². The lowest BCUT2D eigenvalue weighted by Crippen LogP contribution is -2.35. The average molecular weight is 449 g/mol. The van der Waals surface area contributed by atoms with Gasteiger partial charge in [0.1, 0.15) is 10.6 Å². The summed E-state index contributed by atoms with van der Waals surface area (Å²) in [7, 11) is 0. The molecule has 1 aliphatic rings. The number of amides is 2. The fourth-order valence-electron chi connectivity index (χ4n) is 3.48. The van der Waals surface area contributed by atoms with E-state index in [1.165, 1.54) is 16.7 Å². The van der Waals surface area contributed by atoms with Crippen LogP contribution in [0.15, 0.2) is 94.4 Å². The van der Waals surface area contributed by atoms with E-state index in [1.54, 1.807) is 24.3 Å². The molecule has 4 nitrogen and oxygen atoms in total. The van der Waals surface area contributed by atoms with Gasteiger partial charge in [0.2, 0.25) is 0 Å². The third-order valence-electron chi connectivity index (χ3n) is 5.01. The van der Waals surface area contributed by atoms with Crippen molar-refractivity contribution < 1.29 is 9.59 Å². The van der Waals surface area contributed by atoms with Crippen LogP contribution < -0.4 is 9.80 Å². The van der Waals surface area contributed by atoms with E-state index >= 15 is 0 Å². The first-order valence-corrected chi connectivity index (χ1v) is 11.2. The number of carbonyl (C=O) groups excluding carboxylic acids is 2. The van der Waals surface area contributed by atoms with Gasteiger partial charge >= 0.3 is 0 Å². The summed E-state index contributed by atoms with van der Waals surface area (Å²) >= 11 is 7.66. The second-order valence-electron chi connectivity index (χ2n) is 7.07. The van der Waals surface area contributed by atoms with Crippen LogP contribution in [0.3, 0.4) is 0 Å². The van der Waals surface area contributed by atoms with Crippen molar-refractivity contribution in [3.8, 4) is 0 Å². The van der Waals surface area contributed by atoms with Gasteiger partial charge in [-0.25, -0.2) is 4.90 Å². The molecule has 0 spiro atoms. The molecule has 31 heavy (non-hydrogen) atoms. The maximum Gasteiger partial charge on any atom is 0.283 e. The molecule has 3 aromatic carbocycles. The molecule has 6 heteroatoms. The fourth-order valence-corrected chi connectivity index (χ4v) is 4.68. The molecule has 0 atom stereocenters. The Kier molecular flexibility index (Phi) is 6.16. The Morgan fingerprint density at radius 2 is 1.52 bits per heavy atom. The van der Waals surface area contributed by atoms with Crippen LogP contribution in [0, 0.1) is 6.92 Å². The number of hydrogen-bond donors (Lipinski definition) is 0. The molecule has 1 aliphatic heterocycles. The molecule has 156 valence electrons. The van der Waals surface area contributed by atoms with Crippen LogP contribution in [0.25, 0.3) is 0 Å². The largest absolute Gasteiger partial charge is 0.336 e. The predicted octanol–water partition coefficient (Wildman–Crippen LogP) is 6.05. The minimum absolute atomic E-state index is 0.355. The van der Waals surface area contributed by atoms with Crippen molar-refractivity contribution in [1.82, 2.24) is 0 Å². The van der Waals surface area contributed by atoms with Crippen LogP contribution in [0.1, 0.15) is 12.5 Å². The van der Waals surface area contributed by atoms with E-state index < -0.39 is 0 Å². The van der Waals surface area contributed by atoms with Gasteiger partial charge in [-0.2, -0.15) is 0 Å². The van der Waals surface area contributed by atoms with Crippen LogP contribution in [0.4, 0.5) is 11.4 Å². The van der Waals surface area contributed by atoms with E-state index in [9.17, 15) is 9.59 Å². The van der Waals surface area contributed by atoms with Crippen molar-refractivity contribution in [2.45, 2.75) is 18.7 Å². The van der Waals surface area contributed by atoms with E-state index in [0.29, 0.717) is 27.9 Å². The quantitative estimate of drug-likeness (QED) is 0.430. The van der Waals surface area contributed by atoms with Crippen LogP contribution >= 0.6 is 23.4 Å². The zero-order chi connectivity index (χ0) is 22.0. The number of benzene rings is 3. The van der Waals surface area contributed by atoms with Gasteiger partial charge in [-0.05, 0) is 50.2 Å². The molecule has 0 aliphatic carbocycles. The Morgan fingerprint density at radius 1 is 0.871 bits per heavy atom. The zero-order valence-electron chi connectivity index (χ0n) is 17.2. The third kappa shape index (κ3) is 4.11. The SMILES string of the molecule is CCN(C1=C(Sc2ccc(C)cc2)C(=O)N(c2ccccc2Cl)C1=O)c1ccccc1. The summed E-state index contributed by atoms with van der Waals surface area (Å²) in [6.45, 7) is 4.51. The second-order valence-corrected chi connectivity index (χ2v) is 8.56. The minimum atomic E-state index is -0.376. The number of nitrogens with zero attached hydrogens (tertiary/aromatic N) is 2. The Bertz CT molecular complexity index is 1160. The van der Waals surface area contributed by atoms with Gasteiger partial charge in [0.25, 0.3) is 11.8 Å². The molecule has 3 aromatic rings. The van der Waals surface area contributed by atoms with Gasteiger partial charge in [-0.3, -0.25) is 9.59 Å². The number of halogens is 1. The summed E-state index contributed by atoms with van der Waals surface area (Å²) in [5, 5.41) is 0.355. The van der Waals surface area contributed by atoms with Gasteiger partial charge < -0.3 is 4.90 Å². The highest BCUT2D eigenvalue weighted by Gasteiger charge is 2.43. The van der Waals surface area contributed by atoms with Crippen molar-refractivity contribution in [2.75, 3.05) is 16.3 Å². The summed E-state index contributed by atoms with van der Waals surface area (Å²) in [6.07, 6.45) is 0. The number of thioether (sulfide) groups is 1. The van der Waals surface area contributed by atoms with Crippen LogP contribution in [0.5, 0.6) is 0 Å². The molecule has 0 N–H and O–H groups in total. The Balaban J connectivity index is 1.84. The first kappa shape index (κ1) is 21.2. The number of imide groups is 1. The lowest BCUT2D eigenvalue weighted by molar-refractivity contribution is -0.120. The number of aryl methyl sites for hydroxylation is 1. The van der Waals surface area contributed by atoms with Crippen LogP contribution in [0.2, 0.25) is 5.02 Å². The molecular formula is C25H21ClN2O2S. The smallest absolute Gasteiger partial charge is 0.283 e. The van der Waals surface area contributed by atoms with Crippen LogP contribution in [-0.2, 0) is 9.59 Å². The lowest BCUT2D eigenvalue weighted by atomic mass is 10.2. The summed E-state index contributed by atoms with van der Waals surface area (Å²) in [4.78, 5) is 31.5. The summed E-state index contributed by atoms with van der Waals surface area (Å²) < 4.78 is 0. The zero-order valence-corrected chi connectivity index (χ0v) is 18.8. The fraction of sp³-hybridized carbons (Fsp3) is 0.120. The molecule has 1 heterocycles. The summed E-state index contributed by atoms with van der Waals surface area (Å²) in [5.41, 5.74) is 2.73. The first-order valence-electron chi connectivity index (χ1n) is 9.96. The number of likely N-dealkylation sites (N-methyl/N-ethyl adjacent to an activating group) is 1. The van der Waals surface area contributed by atoms with Gasteiger partial charge in [0, 0.05) is 17.1 Å². The molecule has 0 saturated carbocycles. The third-order valence-corrected chi connectivity index (χ3v) is 6.41. The molecular weight excluding hydrogens is 428 g/mol. The molecule has 0 fully saturated rings. The number of anilines is 2. The highest BCUT2D eigenvalue weighted by molar-refractivity contribution is 8.04. The average Bonchev–Trinajstić information content (AvgIpc) is 3.01. The molecule has 0 unspecified atom stereocenters. The Labute approximate surface area is 191 Å². The number of para-hydroxylation sites is 2. The summed E-state index contributed by atoms with van der Waals surface area (Å²) in [6, 6.07) is 24.4. The van der Waals surface area contributed by atoms with Gasteiger partial charge in [-0.1, -0.05) is 71.4 Å². The van der Waals surface area contributed by atoms with Crippen molar-refractivity contribution in [3.05, 3.63) is 100 Å². The maximum absolute atomic E-state index is 13.6. The molecule has 0 saturated heterocycles. The molecule has 4 rings (SSSR count). The van der Waals surface area contributed by atoms with Crippen LogP contribution in [-0.4, -0.2) is 18.4 Å². The molecule has 0 radical (unpaired) electrons. The minimum Gasteiger partial charge on any atom is -0.336 e. The first-order chi connectivity index (χ1) is 15.0. The lowest BCUT2D eigenvalue weighted by Gasteiger charge is -2.24. The van der Waals surface area contributed by atoms with Crippen molar-refractivity contribution in [3.63, 3.8) is 0 Å². The highest BCUT2D eigenvalue weighted by Crippen LogP contribution is 2.41. The molecule has 0 bridgehead atoms. The van der Waals surface area contributed by atoms with E-state index in [2.05, 4.69) is 0 Å². The maximum atomic E-state index is 13.6. The predicted molar refractivity (Wildman–Crippen MR) is 127 cm³/mol. The second kappa shape index (κ2) is 9.00. The van der Waals surface area contributed by atoms with Crippen molar-refractivity contribution in [1.29, 1.82) is 0 Å². The topological polar surface area (TPSA) is 40.6 Å². The van der Waals surface area contributed by atoms with E-state index in [-0.39, 0.29) is 11.8 Å². The number of carbonyl (C=O) groups is 2. The number of hydrogen-bond acceptors (Lipinski definition) is 4. The van der Waals surface area contributed by atoms with Gasteiger partial charge in [0.05, 0.1) is 10.7 Å². The Hall–Kier alpha value is -3.02. The van der Waals surface area contributed by atoms with E-state index in [4.69, 9.17) is 11.6 Å². The standard InChI is InChI=1S/C25H21ClN2O2S/c1-3-27(18-9-5-4-6-10-18)22-23(31-19-15-13-17(2)14-16-19)25(30)28(24(22)29)21-12-8-7-11-20(21)26/h4-16H,3H2,1-2H3. The molecule has 0 aromatic heterocycles. The number of rotatable bonds is 6. The highest BCUT2D eigenvalue weighted by atomic mass is 35.5. The normalized spacial score (nSPS) is 13.8. The summed E-state index contributed by atoms with van der Waals surface area (Å²) in [5.74, 6) is -0.744. The van der Waals surface area contributed by atoms with E-state index in [1.807, 2.05) is 73.3 Å². The van der Waals surface area contributed by atoms with Gasteiger partial charge in [0.15, 0.2) is 0 Å². The van der Waals surface area contributed by atoms with E-state index in [0.717, 1.165) is 16.1 Å². The Morgan fingerprint density at radius 3 is 2.16 bits per heavy atom. The van der Waals surface area contributed by atoms with Gasteiger partial charge in [-0.15, -0.1) is 0 Å². The molecule has 2 amide bonds. The monoisotopic (exact) mass is 448 g/mol. The van der Waals surface area contributed by atoms with Crippen molar-refractivity contribution >= 4 is 46.6 Å².